The van der Waals surface area contributed by atoms with Gasteiger partial charge in [-0.25, -0.2) is 0 Å². The van der Waals surface area contributed by atoms with Crippen molar-refractivity contribution in [1.29, 1.82) is 0 Å². The summed E-state index contributed by atoms with van der Waals surface area (Å²) in [6, 6.07) is 0. The Morgan fingerprint density at radius 2 is 1.57 bits per heavy atom. The summed E-state index contributed by atoms with van der Waals surface area (Å²) in [4.78, 5) is 0. The lowest BCUT2D eigenvalue weighted by molar-refractivity contribution is 0.871. The minimum Gasteiger partial charge on any atom is -0.130 e. The molecule has 0 N–H and O–H groups in total. The molecule has 0 aromatic carbocycles. The maximum absolute atomic E-state index is 3.94. The Hall–Kier alpha value is -0.740. The van der Waals surface area contributed by atoms with Crippen LogP contribution in [-0.2, 0) is 0 Å². The molecule has 0 aliphatic heterocycles. The molecule has 0 fully saturated rings. The van der Waals surface area contributed by atoms with Crippen molar-refractivity contribution < 1.29 is 0 Å². The maximum Gasteiger partial charge on any atom is -0.00379 e. The van der Waals surface area contributed by atoms with E-state index in [1.165, 1.54) is 17.6 Å². The molecule has 0 atom stereocenters. The molecular formula is C14H32. The predicted molar refractivity (Wildman–Crippen MR) is 73.9 cm³/mol. The van der Waals surface area contributed by atoms with E-state index < -0.39 is 0 Å². The predicted octanol–water partition coefficient (Wildman–Crippen LogP) is 6.01. The van der Waals surface area contributed by atoms with Crippen LogP contribution in [0.5, 0.6) is 0 Å². The zero-order valence-electron chi connectivity index (χ0n) is 7.04. The first kappa shape index (κ1) is 29.2. The zero-order valence-corrected chi connectivity index (χ0v) is 7.04. The van der Waals surface area contributed by atoms with Gasteiger partial charge < -0.3 is 0 Å². The molecule has 0 aliphatic rings. The summed E-state index contributed by atoms with van der Waals surface area (Å²) in [6.07, 6.45) is 3.28. The lowest BCUT2D eigenvalue weighted by Crippen LogP contribution is -1.81. The lowest BCUT2D eigenvalue weighted by atomic mass is 10.1. The molecule has 0 radical (unpaired) electrons. The Morgan fingerprint density at radius 3 is 1.86 bits per heavy atom. The third kappa shape index (κ3) is 17.4. The first-order chi connectivity index (χ1) is 4.70. The van der Waals surface area contributed by atoms with Crippen LogP contribution in [0.15, 0.2) is 30.0 Å². The quantitative estimate of drug-likeness (QED) is 0.385. The largest absolute Gasteiger partial charge is 0.130 e. The highest BCUT2D eigenvalue weighted by Gasteiger charge is 1.92. The van der Waals surface area contributed by atoms with Crippen molar-refractivity contribution in [3.63, 3.8) is 0 Å². The number of hydrogen-bond acceptors (Lipinski definition) is 0. The van der Waals surface area contributed by atoms with Crippen molar-refractivity contribution in [3.8, 4) is 0 Å². The van der Waals surface area contributed by atoms with Gasteiger partial charge in [0.25, 0.3) is 0 Å². The van der Waals surface area contributed by atoms with Gasteiger partial charge in [0.15, 0.2) is 0 Å². The fourth-order valence-corrected chi connectivity index (χ4v) is 0.879. The van der Waals surface area contributed by atoms with Gasteiger partial charge in [0, 0.05) is 0 Å². The summed E-state index contributed by atoms with van der Waals surface area (Å²) < 4.78 is 0. The number of allylic oxidation sites excluding steroid dienone is 2. The van der Waals surface area contributed by atoms with Gasteiger partial charge in [0.1, 0.15) is 0 Å². The van der Waals surface area contributed by atoms with Crippen LogP contribution in [0.1, 0.15) is 62.8 Å². The van der Waals surface area contributed by atoms with Crippen LogP contribution in [0, 0.1) is 0 Å². The van der Waals surface area contributed by atoms with Crippen molar-refractivity contribution >= 4 is 0 Å². The smallest absolute Gasteiger partial charge is 0.00379 e. The number of rotatable bonds is 4. The lowest BCUT2D eigenvalue weighted by Gasteiger charge is -2.00. The fraction of sp³-hybridized carbons (Fsp3) is 0.643. The van der Waals surface area contributed by atoms with Gasteiger partial charge in [-0.1, -0.05) is 61.8 Å². The molecule has 0 aromatic rings. The molecule has 0 aliphatic carbocycles. The van der Waals surface area contributed by atoms with Crippen LogP contribution >= 0.6 is 0 Å². The average molecular weight is 200 g/mol. The second-order valence-corrected chi connectivity index (χ2v) is 2.63. The molecule has 0 unspecified atom stereocenters. The van der Waals surface area contributed by atoms with Crippen molar-refractivity contribution in [2.24, 2.45) is 0 Å². The van der Waals surface area contributed by atoms with Gasteiger partial charge in [-0.05, 0) is 25.3 Å². The van der Waals surface area contributed by atoms with E-state index in [1.807, 2.05) is 6.92 Å². The van der Waals surface area contributed by atoms with Crippen LogP contribution in [0.2, 0.25) is 0 Å². The summed E-state index contributed by atoms with van der Waals surface area (Å²) in [5, 5.41) is 0. The van der Waals surface area contributed by atoms with E-state index in [4.69, 9.17) is 0 Å². The maximum atomic E-state index is 3.94. The highest BCUT2D eigenvalue weighted by Crippen LogP contribution is 2.11. The van der Waals surface area contributed by atoms with Gasteiger partial charge in [0.05, 0.1) is 0 Å². The molecule has 0 amide bonds. The molecular weight excluding hydrogens is 168 g/mol. The molecule has 0 saturated heterocycles. The fourth-order valence-electron chi connectivity index (χ4n) is 0.879. The Balaban J connectivity index is -0.0000000675. The van der Waals surface area contributed by atoms with Crippen LogP contribution in [-0.4, -0.2) is 0 Å². The van der Waals surface area contributed by atoms with Crippen LogP contribution in [0.25, 0.3) is 0 Å². The molecule has 0 nitrogen and oxygen atoms in total. The third-order valence-corrected chi connectivity index (χ3v) is 1.42. The number of hydrogen-bond donors (Lipinski definition) is 0. The molecule has 0 aromatic heterocycles. The van der Waals surface area contributed by atoms with Crippen molar-refractivity contribution in [3.05, 3.63) is 30.0 Å². The second-order valence-electron chi connectivity index (χ2n) is 2.63. The van der Waals surface area contributed by atoms with Crippen molar-refractivity contribution in [2.45, 2.75) is 62.8 Å². The molecule has 14 heavy (non-hydrogen) atoms. The SMILES string of the molecule is C.C.C.C.C=C=C(C)CC(=C)CCC. The Labute approximate surface area is 93.4 Å². The van der Waals surface area contributed by atoms with Gasteiger partial charge in [-0.3, -0.25) is 0 Å². The van der Waals surface area contributed by atoms with Crippen LogP contribution < -0.4 is 0 Å². The van der Waals surface area contributed by atoms with E-state index in [0.29, 0.717) is 0 Å². The summed E-state index contributed by atoms with van der Waals surface area (Å²) in [5.41, 5.74) is 5.34. The first-order valence-electron chi connectivity index (χ1n) is 3.72. The molecule has 0 spiro atoms. The second kappa shape index (κ2) is 18.1. The van der Waals surface area contributed by atoms with Crippen molar-refractivity contribution in [2.75, 3.05) is 0 Å². The van der Waals surface area contributed by atoms with Gasteiger partial charge in [0.2, 0.25) is 0 Å². The highest BCUT2D eigenvalue weighted by atomic mass is 14.0. The van der Waals surface area contributed by atoms with E-state index in [0.717, 1.165) is 12.8 Å². The topological polar surface area (TPSA) is 0 Å². The Kier molecular flexibility index (Phi) is 37.8. The van der Waals surface area contributed by atoms with Gasteiger partial charge >= 0.3 is 0 Å². The van der Waals surface area contributed by atoms with Crippen molar-refractivity contribution in [1.82, 2.24) is 0 Å². The molecule has 88 valence electrons. The van der Waals surface area contributed by atoms with Gasteiger partial charge in [-0.2, -0.15) is 0 Å². The monoisotopic (exact) mass is 200 g/mol. The van der Waals surface area contributed by atoms with E-state index in [1.54, 1.807) is 0 Å². The van der Waals surface area contributed by atoms with Crippen LogP contribution in [0.4, 0.5) is 0 Å². The average Bonchev–Trinajstić information content (AvgIpc) is 1.88. The van der Waals surface area contributed by atoms with E-state index in [2.05, 4.69) is 25.8 Å². The molecule has 0 saturated carbocycles. The summed E-state index contributed by atoms with van der Waals surface area (Å²) in [7, 11) is 0. The Morgan fingerprint density at radius 1 is 1.14 bits per heavy atom. The van der Waals surface area contributed by atoms with Gasteiger partial charge in [-0.15, -0.1) is 5.73 Å². The normalized spacial score (nSPS) is 6.14. The third-order valence-electron chi connectivity index (χ3n) is 1.42. The highest BCUT2D eigenvalue weighted by molar-refractivity contribution is 5.08. The summed E-state index contributed by atoms with van der Waals surface area (Å²) >= 11 is 0. The molecule has 0 heterocycles. The zero-order chi connectivity index (χ0) is 7.98. The minimum atomic E-state index is 0. The minimum absolute atomic E-state index is 0. The molecule has 0 heteroatoms. The van der Waals surface area contributed by atoms with E-state index in [9.17, 15) is 0 Å². The first-order valence-corrected chi connectivity index (χ1v) is 3.72. The summed E-state index contributed by atoms with van der Waals surface area (Å²) in [6.45, 7) is 11.7. The molecule has 0 rings (SSSR count). The molecule has 0 bridgehead atoms. The van der Waals surface area contributed by atoms with E-state index >= 15 is 0 Å². The standard InChI is InChI=1S/C10H16.4CH4/c1-5-7-10(4)8-9(3)6-2;;;;/h2,4-5,7-8H2,1,3H3;4*1H4. The van der Waals surface area contributed by atoms with E-state index in [-0.39, 0.29) is 29.7 Å². The van der Waals surface area contributed by atoms with Crippen LogP contribution in [0.3, 0.4) is 0 Å². The summed E-state index contributed by atoms with van der Waals surface area (Å²) in [5.74, 6) is 0. The Bertz CT molecular complexity index is 157.